The predicted molar refractivity (Wildman–Crippen MR) is 67.5 cm³/mol. The Hall–Kier alpha value is -2.68. The summed E-state index contributed by atoms with van der Waals surface area (Å²) in [4.78, 5) is 31.6. The van der Waals surface area contributed by atoms with Crippen LogP contribution in [0.3, 0.4) is 0 Å². The molecule has 0 aliphatic heterocycles. The van der Waals surface area contributed by atoms with E-state index in [4.69, 9.17) is 14.9 Å². The van der Waals surface area contributed by atoms with Crippen LogP contribution < -0.4 is 4.74 Å². The highest BCUT2D eigenvalue weighted by Crippen LogP contribution is 2.30. The molecule has 0 spiro atoms. The third-order valence-corrected chi connectivity index (χ3v) is 2.41. The van der Waals surface area contributed by atoms with Crippen molar-refractivity contribution in [1.29, 1.82) is 0 Å². The third-order valence-electron chi connectivity index (χ3n) is 2.41. The van der Waals surface area contributed by atoms with E-state index in [-0.39, 0.29) is 24.2 Å². The fourth-order valence-electron chi connectivity index (χ4n) is 1.46. The molecular weight excluding hydrogens is 286 g/mol. The number of hydrogen-bond acceptors (Lipinski definition) is 7. The normalized spacial score (nSPS) is 9.95. The Morgan fingerprint density at radius 2 is 2.00 bits per heavy atom. The molecule has 0 fully saturated rings. The molecular formula is C12H13NO8. The van der Waals surface area contributed by atoms with E-state index in [9.17, 15) is 19.7 Å². The molecule has 9 nitrogen and oxygen atoms in total. The molecule has 0 bridgehead atoms. The quantitative estimate of drug-likeness (QED) is 0.312. The van der Waals surface area contributed by atoms with Crippen molar-refractivity contribution in [2.45, 2.75) is 19.4 Å². The van der Waals surface area contributed by atoms with Crippen molar-refractivity contribution in [3.63, 3.8) is 0 Å². The van der Waals surface area contributed by atoms with Crippen LogP contribution in [0.4, 0.5) is 5.69 Å². The molecule has 9 heteroatoms. The second-order valence-corrected chi connectivity index (χ2v) is 3.85. The number of carbonyl (C=O) groups excluding carboxylic acids is 1. The van der Waals surface area contributed by atoms with Crippen molar-refractivity contribution >= 4 is 17.6 Å². The van der Waals surface area contributed by atoms with Gasteiger partial charge in [0.2, 0.25) is 12.5 Å². The highest BCUT2D eigenvalue weighted by Gasteiger charge is 2.20. The second kappa shape index (κ2) is 7.80. The molecule has 1 aromatic carbocycles. The lowest BCUT2D eigenvalue weighted by Crippen LogP contribution is -2.12. The lowest BCUT2D eigenvalue weighted by Gasteiger charge is -2.09. The van der Waals surface area contributed by atoms with Crippen LogP contribution in [-0.2, 0) is 20.9 Å². The van der Waals surface area contributed by atoms with E-state index in [1.54, 1.807) is 0 Å². The van der Waals surface area contributed by atoms with Gasteiger partial charge in [0.1, 0.15) is 0 Å². The zero-order valence-electron chi connectivity index (χ0n) is 10.9. The summed E-state index contributed by atoms with van der Waals surface area (Å²) < 4.78 is 9.57. The highest BCUT2D eigenvalue weighted by atomic mass is 16.7. The van der Waals surface area contributed by atoms with Gasteiger partial charge in [-0.05, 0) is 12.1 Å². The number of benzene rings is 1. The van der Waals surface area contributed by atoms with Crippen molar-refractivity contribution in [1.82, 2.24) is 0 Å². The zero-order valence-corrected chi connectivity index (χ0v) is 10.9. The number of aliphatic hydroxyl groups excluding tert-OH is 1. The molecule has 0 saturated carbocycles. The minimum atomic E-state index is -1.14. The van der Waals surface area contributed by atoms with Crippen LogP contribution in [0.15, 0.2) is 18.2 Å². The van der Waals surface area contributed by atoms with E-state index in [1.165, 1.54) is 18.2 Å². The topological polar surface area (TPSA) is 136 Å². The van der Waals surface area contributed by atoms with E-state index in [0.717, 1.165) is 0 Å². The number of carbonyl (C=O) groups is 2. The monoisotopic (exact) mass is 299 g/mol. The van der Waals surface area contributed by atoms with Gasteiger partial charge in [0.15, 0.2) is 0 Å². The number of aliphatic hydroxyl groups is 1. The molecule has 1 aromatic rings. The molecule has 114 valence electrons. The molecule has 0 radical (unpaired) electrons. The summed E-state index contributed by atoms with van der Waals surface area (Å²) in [5.74, 6) is -2.09. The fourth-order valence-corrected chi connectivity index (χ4v) is 1.46. The number of nitro benzene ring substituents is 1. The largest absolute Gasteiger partial charge is 0.481 e. The maximum atomic E-state index is 11.1. The van der Waals surface area contributed by atoms with Gasteiger partial charge in [-0.1, -0.05) is 6.07 Å². The van der Waals surface area contributed by atoms with Gasteiger partial charge in [0.25, 0.3) is 0 Å². The Balaban J connectivity index is 2.61. The number of nitrogens with zero attached hydrogens (tertiary/aromatic N) is 1. The van der Waals surface area contributed by atoms with E-state index in [1.807, 2.05) is 0 Å². The first kappa shape index (κ1) is 16.4. The van der Waals surface area contributed by atoms with Gasteiger partial charge in [-0.2, -0.15) is 0 Å². The Morgan fingerprint density at radius 3 is 2.57 bits per heavy atom. The number of ether oxygens (including phenoxy) is 2. The molecule has 0 atom stereocenters. The maximum Gasteiger partial charge on any atom is 0.316 e. The van der Waals surface area contributed by atoms with Gasteiger partial charge >= 0.3 is 17.6 Å². The van der Waals surface area contributed by atoms with Crippen LogP contribution in [0.5, 0.6) is 5.75 Å². The molecule has 21 heavy (non-hydrogen) atoms. The second-order valence-electron chi connectivity index (χ2n) is 3.85. The average Bonchev–Trinajstić information content (AvgIpc) is 2.44. The average molecular weight is 299 g/mol. The van der Waals surface area contributed by atoms with Crippen molar-refractivity contribution in [3.05, 3.63) is 33.9 Å². The molecule has 0 aromatic heterocycles. The Morgan fingerprint density at radius 1 is 1.29 bits per heavy atom. The molecule has 0 heterocycles. The number of carboxylic acids is 1. The minimum absolute atomic E-state index is 0.0645. The standard InChI is InChI=1S/C12H13NO8/c14-6-8-2-1-3-9(12(8)13(18)19)20-7-21-11(17)5-4-10(15)16/h1-3,14H,4-7H2,(H,15,16). The van der Waals surface area contributed by atoms with Crippen molar-refractivity contribution in [2.24, 2.45) is 0 Å². The Labute approximate surface area is 118 Å². The predicted octanol–water partition coefficient (Wildman–Crippen LogP) is 0.831. The highest BCUT2D eigenvalue weighted by molar-refractivity contribution is 5.76. The number of para-hydroxylation sites is 1. The van der Waals surface area contributed by atoms with E-state index >= 15 is 0 Å². The van der Waals surface area contributed by atoms with Crippen LogP contribution in [0, 0.1) is 10.1 Å². The van der Waals surface area contributed by atoms with Crippen molar-refractivity contribution < 1.29 is 34.2 Å². The van der Waals surface area contributed by atoms with Gasteiger partial charge in [-0.15, -0.1) is 0 Å². The molecule has 0 saturated heterocycles. The van der Waals surface area contributed by atoms with E-state index in [2.05, 4.69) is 4.74 Å². The van der Waals surface area contributed by atoms with Gasteiger partial charge in [0, 0.05) is 0 Å². The number of aliphatic carboxylic acids is 1. The summed E-state index contributed by atoms with van der Waals surface area (Å²) in [5, 5.41) is 28.3. The van der Waals surface area contributed by atoms with E-state index in [0.29, 0.717) is 0 Å². The summed E-state index contributed by atoms with van der Waals surface area (Å²) in [6, 6.07) is 4.10. The summed E-state index contributed by atoms with van der Waals surface area (Å²) in [7, 11) is 0. The lowest BCUT2D eigenvalue weighted by molar-refractivity contribution is -0.387. The summed E-state index contributed by atoms with van der Waals surface area (Å²) >= 11 is 0. The SMILES string of the molecule is O=C(O)CCC(=O)OCOc1cccc(CO)c1[N+](=O)[O-]. The maximum absolute atomic E-state index is 11.1. The molecule has 0 aliphatic rings. The number of carboxylic acid groups (broad SMARTS) is 1. The van der Waals surface area contributed by atoms with Crippen LogP contribution in [0.2, 0.25) is 0 Å². The summed E-state index contributed by atoms with van der Waals surface area (Å²) in [5.41, 5.74) is -0.351. The first-order valence-corrected chi connectivity index (χ1v) is 5.83. The minimum Gasteiger partial charge on any atom is -0.481 e. The van der Waals surface area contributed by atoms with E-state index < -0.39 is 35.9 Å². The molecule has 0 aliphatic carbocycles. The number of hydrogen-bond donors (Lipinski definition) is 2. The van der Waals surface area contributed by atoms with Crippen LogP contribution in [-0.4, -0.2) is 33.9 Å². The van der Waals surface area contributed by atoms with Gasteiger partial charge in [-0.25, -0.2) is 0 Å². The first-order valence-electron chi connectivity index (χ1n) is 5.83. The summed E-state index contributed by atoms with van der Waals surface area (Å²) in [6.45, 7) is -1.12. The molecule has 0 unspecified atom stereocenters. The lowest BCUT2D eigenvalue weighted by atomic mass is 10.2. The van der Waals surface area contributed by atoms with Crippen molar-refractivity contribution in [3.8, 4) is 5.75 Å². The fraction of sp³-hybridized carbons (Fsp3) is 0.333. The van der Waals surface area contributed by atoms with Crippen LogP contribution in [0.25, 0.3) is 0 Å². The Kier molecular flexibility index (Phi) is 6.08. The van der Waals surface area contributed by atoms with Crippen LogP contribution >= 0.6 is 0 Å². The zero-order chi connectivity index (χ0) is 15.8. The molecule has 0 amide bonds. The van der Waals surface area contributed by atoms with Crippen molar-refractivity contribution in [2.75, 3.05) is 6.79 Å². The van der Waals surface area contributed by atoms with Gasteiger partial charge in [0.05, 0.1) is 29.9 Å². The van der Waals surface area contributed by atoms with Gasteiger partial charge in [-0.3, -0.25) is 19.7 Å². The number of esters is 1. The van der Waals surface area contributed by atoms with Gasteiger partial charge < -0.3 is 19.7 Å². The Bertz CT molecular complexity index is 542. The number of rotatable bonds is 8. The number of nitro groups is 1. The molecule has 1 rings (SSSR count). The first-order chi connectivity index (χ1) is 9.95. The smallest absolute Gasteiger partial charge is 0.316 e. The summed E-state index contributed by atoms with van der Waals surface area (Å²) in [6.07, 6.45) is -0.698. The van der Waals surface area contributed by atoms with Crippen LogP contribution in [0.1, 0.15) is 18.4 Å². The molecule has 2 N–H and O–H groups in total. The third kappa shape index (κ3) is 5.07.